The fourth-order valence-electron chi connectivity index (χ4n) is 3.60. The quantitative estimate of drug-likeness (QED) is 0.0677. The van der Waals surface area contributed by atoms with E-state index in [9.17, 15) is 28.2 Å². The molecule has 6 N–H and O–H groups in total. The average molecular weight is 679 g/mol. The van der Waals surface area contributed by atoms with Crippen LogP contribution in [0.5, 0.6) is 11.5 Å². The van der Waals surface area contributed by atoms with Gasteiger partial charge in [-0.05, 0) is 112 Å². The summed E-state index contributed by atoms with van der Waals surface area (Å²) in [6.07, 6.45) is 4.31. The molecule has 2 amide bonds. The topological polar surface area (TPSA) is 173 Å². The van der Waals surface area contributed by atoms with Crippen molar-refractivity contribution >= 4 is 33.0 Å². The van der Waals surface area contributed by atoms with E-state index < -0.39 is 21.7 Å². The molecule has 0 aliphatic carbocycles. The van der Waals surface area contributed by atoms with E-state index in [-0.39, 0.29) is 43.8 Å². The lowest BCUT2D eigenvalue weighted by atomic mass is 10.1. The standard InChI is InChI=1S/C28H24N2O6S.C3H6O.C3H6.C2H6.CH4O/c1-17-3-13-25(31)23(15-17)29-27(33)19-5-9-21(10-6-19)37(35,36)22-11-7-20(8-12-22)28(34)30-24-16-18(2)4-14-26(24)32;1-2-3-4;1-3-2;2*1-2/h3-16,31-32H,1-2H3,(H,29,33)(H,30,34);2-4H,1H3;3H,1H2,2H3;1-2H3;2H,1H3/b;3-2+;;;. The molecule has 11 heteroatoms. The van der Waals surface area contributed by atoms with Gasteiger partial charge in [0.2, 0.25) is 9.84 Å². The normalized spacial score (nSPS) is 9.83. The molecule has 258 valence electrons. The van der Waals surface area contributed by atoms with Crippen LogP contribution in [0.15, 0.2) is 120 Å². The Balaban J connectivity index is 0.00000178. The highest BCUT2D eigenvalue weighted by Gasteiger charge is 2.19. The zero-order valence-corrected chi connectivity index (χ0v) is 29.2. The van der Waals surface area contributed by atoms with Crippen LogP contribution in [0.1, 0.15) is 59.5 Å². The number of rotatable bonds is 6. The van der Waals surface area contributed by atoms with Crippen molar-refractivity contribution in [1.82, 2.24) is 0 Å². The molecule has 0 aliphatic heterocycles. The van der Waals surface area contributed by atoms with E-state index in [1.165, 1.54) is 60.7 Å². The predicted octanol–water partition coefficient (Wildman–Crippen LogP) is 7.96. The maximum atomic E-state index is 13.1. The second-order valence-electron chi connectivity index (χ2n) is 9.39. The number of carbonyl (C=O) groups excluding carboxylic acids is 2. The molecule has 0 atom stereocenters. The van der Waals surface area contributed by atoms with Gasteiger partial charge in [0, 0.05) is 18.2 Å². The fraction of sp³-hybridized carbons (Fsp3) is 0.189. The third-order valence-electron chi connectivity index (χ3n) is 5.80. The van der Waals surface area contributed by atoms with Crippen LogP contribution < -0.4 is 10.6 Å². The zero-order chi connectivity index (χ0) is 36.9. The van der Waals surface area contributed by atoms with E-state index in [0.717, 1.165) is 24.5 Å². The van der Waals surface area contributed by atoms with Crippen LogP contribution in [-0.2, 0) is 9.84 Å². The summed E-state index contributed by atoms with van der Waals surface area (Å²) in [5.41, 5.74) is 2.64. The van der Waals surface area contributed by atoms with Gasteiger partial charge in [0.25, 0.3) is 11.8 Å². The molecule has 0 saturated heterocycles. The minimum absolute atomic E-state index is 0.0238. The summed E-state index contributed by atoms with van der Waals surface area (Å²) in [7, 11) is -2.91. The smallest absolute Gasteiger partial charge is 0.255 e. The number of hydrogen-bond donors (Lipinski definition) is 6. The SMILES string of the molecule is C/C=C/O.C=CC.CC.CO.Cc1ccc(O)c(NC(=O)c2ccc(S(=O)(=O)c3ccc(C(=O)Nc4cc(C)ccc4O)cc3)cc2)c1. The number of amides is 2. The number of phenols is 2. The van der Waals surface area contributed by atoms with E-state index in [1.807, 2.05) is 34.6 Å². The van der Waals surface area contributed by atoms with Gasteiger partial charge >= 0.3 is 0 Å². The number of hydrogen-bond acceptors (Lipinski definition) is 8. The number of anilines is 2. The number of allylic oxidation sites excluding steroid dienone is 2. The first-order chi connectivity index (χ1) is 22.9. The molecule has 0 spiro atoms. The second kappa shape index (κ2) is 22.2. The number of aromatic hydroxyl groups is 2. The third-order valence-corrected chi connectivity index (χ3v) is 7.59. The highest BCUT2D eigenvalue weighted by atomic mass is 32.2. The first kappa shape index (κ1) is 42.6. The molecule has 10 nitrogen and oxygen atoms in total. The first-order valence-corrected chi connectivity index (χ1v) is 16.3. The Morgan fingerprint density at radius 3 is 1.23 bits per heavy atom. The molecule has 0 aromatic heterocycles. The van der Waals surface area contributed by atoms with E-state index in [0.29, 0.717) is 0 Å². The Bertz CT molecular complexity index is 1610. The summed E-state index contributed by atoms with van der Waals surface area (Å²) in [6.45, 7) is 14.6. The van der Waals surface area contributed by atoms with Gasteiger partial charge in [-0.1, -0.05) is 38.1 Å². The summed E-state index contributed by atoms with van der Waals surface area (Å²) in [5, 5.41) is 39.8. The van der Waals surface area contributed by atoms with Crippen molar-refractivity contribution in [2.45, 2.75) is 51.3 Å². The number of phenolic OH excluding ortho intramolecular Hbond substituents is 2. The van der Waals surface area contributed by atoms with Crippen LogP contribution in [0.4, 0.5) is 11.4 Å². The van der Waals surface area contributed by atoms with Crippen LogP contribution in [0, 0.1) is 13.8 Å². The molecule has 0 aliphatic rings. The van der Waals surface area contributed by atoms with Gasteiger partial charge in [-0.3, -0.25) is 9.59 Å². The summed E-state index contributed by atoms with van der Waals surface area (Å²) >= 11 is 0. The predicted molar refractivity (Wildman–Crippen MR) is 193 cm³/mol. The van der Waals surface area contributed by atoms with Crippen molar-refractivity contribution in [3.8, 4) is 11.5 Å². The Morgan fingerprint density at radius 1 is 0.667 bits per heavy atom. The lowest BCUT2D eigenvalue weighted by Gasteiger charge is -2.10. The number of carbonyl (C=O) groups is 2. The minimum Gasteiger partial charge on any atom is -0.516 e. The van der Waals surface area contributed by atoms with Crippen LogP contribution in [0.2, 0.25) is 0 Å². The molecular weight excluding hydrogens is 632 g/mol. The summed E-state index contributed by atoms with van der Waals surface area (Å²) in [6, 6.07) is 20.4. The minimum atomic E-state index is -3.91. The molecule has 0 unspecified atom stereocenters. The van der Waals surface area contributed by atoms with Gasteiger partial charge in [0.15, 0.2) is 0 Å². The van der Waals surface area contributed by atoms with Gasteiger partial charge in [0.1, 0.15) is 11.5 Å². The largest absolute Gasteiger partial charge is 0.516 e. The Hall–Kier alpha value is -5.39. The van der Waals surface area contributed by atoms with Crippen molar-refractivity contribution in [3.63, 3.8) is 0 Å². The van der Waals surface area contributed by atoms with Gasteiger partial charge in [-0.15, -0.1) is 6.58 Å². The van der Waals surface area contributed by atoms with E-state index in [1.54, 1.807) is 43.3 Å². The number of sulfone groups is 1. The Labute approximate surface area is 283 Å². The molecule has 48 heavy (non-hydrogen) atoms. The zero-order valence-electron chi connectivity index (χ0n) is 28.4. The van der Waals surface area contributed by atoms with Crippen LogP contribution >= 0.6 is 0 Å². The molecule has 4 aromatic carbocycles. The number of aliphatic hydroxyl groups excluding tert-OH is 2. The fourth-order valence-corrected chi connectivity index (χ4v) is 4.86. The van der Waals surface area contributed by atoms with E-state index in [2.05, 4.69) is 17.2 Å². The molecule has 0 saturated carbocycles. The molecule has 4 aromatic rings. The van der Waals surface area contributed by atoms with Gasteiger partial charge in [0.05, 0.1) is 27.4 Å². The second-order valence-corrected chi connectivity index (χ2v) is 11.3. The molecule has 0 bridgehead atoms. The van der Waals surface area contributed by atoms with Crippen molar-refractivity contribution in [2.75, 3.05) is 17.7 Å². The highest BCUT2D eigenvalue weighted by molar-refractivity contribution is 7.91. The molecule has 0 radical (unpaired) electrons. The maximum absolute atomic E-state index is 13.1. The Morgan fingerprint density at radius 2 is 0.958 bits per heavy atom. The number of aryl methyl sites for hydroxylation is 2. The van der Waals surface area contributed by atoms with Crippen LogP contribution in [-0.4, -0.2) is 47.8 Å². The number of nitrogens with one attached hydrogen (secondary N) is 2. The monoisotopic (exact) mass is 678 g/mol. The van der Waals surface area contributed by atoms with E-state index >= 15 is 0 Å². The summed E-state index contributed by atoms with van der Waals surface area (Å²) in [4.78, 5) is 25.1. The Kier molecular flexibility index (Phi) is 19.7. The number of benzene rings is 4. The molecule has 0 heterocycles. The summed E-state index contributed by atoms with van der Waals surface area (Å²) in [5.74, 6) is -1.16. The van der Waals surface area contributed by atoms with Crippen molar-refractivity contribution in [3.05, 3.63) is 132 Å². The van der Waals surface area contributed by atoms with Gasteiger partial charge in [-0.25, -0.2) is 8.42 Å². The molecular formula is C37H46N2O8S. The lowest BCUT2D eigenvalue weighted by Crippen LogP contribution is -2.13. The van der Waals surface area contributed by atoms with Crippen molar-refractivity contribution in [1.29, 1.82) is 0 Å². The first-order valence-electron chi connectivity index (χ1n) is 14.8. The van der Waals surface area contributed by atoms with Gasteiger partial charge in [-0.2, -0.15) is 0 Å². The van der Waals surface area contributed by atoms with Crippen molar-refractivity contribution in [2.24, 2.45) is 0 Å². The number of aliphatic hydroxyl groups is 2. The van der Waals surface area contributed by atoms with Crippen molar-refractivity contribution < 1.29 is 38.4 Å². The lowest BCUT2D eigenvalue weighted by molar-refractivity contribution is 0.101. The van der Waals surface area contributed by atoms with Crippen LogP contribution in [0.25, 0.3) is 0 Å². The van der Waals surface area contributed by atoms with Crippen LogP contribution in [0.3, 0.4) is 0 Å². The summed E-state index contributed by atoms with van der Waals surface area (Å²) < 4.78 is 26.2. The molecule has 4 rings (SSSR count). The maximum Gasteiger partial charge on any atom is 0.255 e. The van der Waals surface area contributed by atoms with E-state index in [4.69, 9.17) is 10.2 Å². The molecule has 0 fully saturated rings. The van der Waals surface area contributed by atoms with Gasteiger partial charge < -0.3 is 31.1 Å². The average Bonchev–Trinajstić information content (AvgIpc) is 3.10. The third kappa shape index (κ3) is 13.1. The highest BCUT2D eigenvalue weighted by Crippen LogP contribution is 2.27.